The Balaban J connectivity index is 2.22. The zero-order valence-corrected chi connectivity index (χ0v) is 15.4. The van der Waals surface area contributed by atoms with E-state index in [1.54, 1.807) is 19.1 Å². The Morgan fingerprint density at radius 2 is 1.30 bits per heavy atom. The van der Waals surface area contributed by atoms with Gasteiger partial charge in [-0.25, -0.2) is 21.6 Å². The van der Waals surface area contributed by atoms with Crippen molar-refractivity contribution in [3.8, 4) is 0 Å². The quantitative estimate of drug-likeness (QED) is 0.753. The van der Waals surface area contributed by atoms with Gasteiger partial charge in [0.1, 0.15) is 0 Å². The molecule has 0 saturated carbocycles. The Hall–Kier alpha value is -1.42. The molecule has 0 aliphatic carbocycles. The van der Waals surface area contributed by atoms with E-state index in [9.17, 15) is 16.8 Å². The molecule has 2 N–H and O–H groups in total. The number of halogens is 1. The van der Waals surface area contributed by atoms with Crippen molar-refractivity contribution in [2.45, 2.75) is 16.7 Å². The largest absolute Gasteiger partial charge is 0.280 e. The van der Waals surface area contributed by atoms with Crippen molar-refractivity contribution in [3.63, 3.8) is 0 Å². The summed E-state index contributed by atoms with van der Waals surface area (Å²) in [6.45, 7) is 1.96. The van der Waals surface area contributed by atoms with E-state index in [-0.39, 0.29) is 22.0 Å². The molecular weight excluding hydrogens is 404 g/mol. The predicted octanol–water partition coefficient (Wildman–Crippen LogP) is 2.55. The first kappa shape index (κ1) is 17.9. The van der Waals surface area contributed by atoms with Crippen molar-refractivity contribution in [1.82, 2.24) is 4.72 Å². The Morgan fingerprint density at radius 3 is 1.83 bits per heavy atom. The van der Waals surface area contributed by atoms with Crippen molar-refractivity contribution in [2.75, 3.05) is 11.3 Å². The van der Waals surface area contributed by atoms with Crippen LogP contribution >= 0.6 is 15.9 Å². The molecule has 0 spiro atoms. The fourth-order valence-electron chi connectivity index (χ4n) is 1.80. The fourth-order valence-corrected chi connectivity index (χ4v) is 4.17. The van der Waals surface area contributed by atoms with Crippen LogP contribution in [0.25, 0.3) is 0 Å². The zero-order chi connectivity index (χ0) is 17.1. The highest BCUT2D eigenvalue weighted by molar-refractivity contribution is 9.10. The van der Waals surface area contributed by atoms with Crippen LogP contribution in [-0.4, -0.2) is 23.4 Å². The minimum absolute atomic E-state index is 0.0749. The van der Waals surface area contributed by atoms with Crippen molar-refractivity contribution in [2.24, 2.45) is 0 Å². The molecule has 9 heteroatoms. The standard InChI is InChI=1S/C14H15BrN2O4S2/c1-2-16-22(18,19)13-9-5-12(6-10-13)17-23(20,21)14-7-3-11(15)4-8-14/h3-10,16-17H,2H2,1H3. The molecule has 0 atom stereocenters. The number of benzene rings is 2. The normalized spacial score (nSPS) is 12.1. The summed E-state index contributed by atoms with van der Waals surface area (Å²) >= 11 is 3.24. The Labute approximate surface area is 144 Å². The molecule has 0 aliphatic rings. The van der Waals surface area contributed by atoms with E-state index in [0.29, 0.717) is 0 Å². The first-order valence-corrected chi connectivity index (χ1v) is 10.4. The highest BCUT2D eigenvalue weighted by Gasteiger charge is 2.16. The SMILES string of the molecule is CCNS(=O)(=O)c1ccc(NS(=O)(=O)c2ccc(Br)cc2)cc1. The average molecular weight is 419 g/mol. The summed E-state index contributed by atoms with van der Waals surface area (Å²) in [7, 11) is -7.28. The molecule has 6 nitrogen and oxygen atoms in total. The second-order valence-corrected chi connectivity index (χ2v) is 8.95. The van der Waals surface area contributed by atoms with Crippen LogP contribution in [0.15, 0.2) is 62.8 Å². The average Bonchev–Trinajstić information content (AvgIpc) is 2.48. The number of sulfonamides is 2. The monoisotopic (exact) mass is 418 g/mol. The summed E-state index contributed by atoms with van der Waals surface area (Å²) < 4.78 is 53.7. The third kappa shape index (κ3) is 4.54. The van der Waals surface area contributed by atoms with Gasteiger partial charge in [0.15, 0.2) is 0 Å². The molecule has 0 fully saturated rings. The third-order valence-electron chi connectivity index (χ3n) is 2.88. The van der Waals surface area contributed by atoms with E-state index in [2.05, 4.69) is 25.4 Å². The third-order valence-corrected chi connectivity index (χ3v) is 6.36. The summed E-state index contributed by atoms with van der Waals surface area (Å²) in [6.07, 6.45) is 0. The van der Waals surface area contributed by atoms with E-state index in [1.165, 1.54) is 36.4 Å². The van der Waals surface area contributed by atoms with Gasteiger partial charge in [-0.2, -0.15) is 0 Å². The van der Waals surface area contributed by atoms with E-state index >= 15 is 0 Å². The first-order valence-electron chi connectivity index (χ1n) is 6.63. The minimum Gasteiger partial charge on any atom is -0.280 e. The lowest BCUT2D eigenvalue weighted by molar-refractivity contribution is 0.584. The molecule has 0 heterocycles. The highest BCUT2D eigenvalue weighted by atomic mass is 79.9. The number of hydrogen-bond acceptors (Lipinski definition) is 4. The van der Waals surface area contributed by atoms with Gasteiger partial charge >= 0.3 is 0 Å². The second-order valence-electron chi connectivity index (χ2n) is 4.59. The van der Waals surface area contributed by atoms with Crippen molar-refractivity contribution < 1.29 is 16.8 Å². The molecule has 0 aromatic heterocycles. The van der Waals surface area contributed by atoms with Gasteiger partial charge < -0.3 is 0 Å². The van der Waals surface area contributed by atoms with Crippen molar-refractivity contribution in [1.29, 1.82) is 0 Å². The molecule has 124 valence electrons. The summed E-state index contributed by atoms with van der Waals surface area (Å²) in [5.41, 5.74) is 0.281. The Morgan fingerprint density at radius 1 is 0.826 bits per heavy atom. The van der Waals surface area contributed by atoms with Crippen molar-refractivity contribution >= 4 is 41.7 Å². The van der Waals surface area contributed by atoms with Gasteiger partial charge in [-0.3, -0.25) is 4.72 Å². The van der Waals surface area contributed by atoms with Gasteiger partial charge in [0.05, 0.1) is 9.79 Å². The molecule has 0 aliphatic heterocycles. The topological polar surface area (TPSA) is 92.3 Å². The molecular formula is C14H15BrN2O4S2. The summed E-state index contributed by atoms with van der Waals surface area (Å²) in [4.78, 5) is 0.191. The lowest BCUT2D eigenvalue weighted by Crippen LogP contribution is -2.23. The van der Waals surface area contributed by atoms with E-state index in [4.69, 9.17) is 0 Å². The molecule has 0 amide bonds. The predicted molar refractivity (Wildman–Crippen MR) is 92.3 cm³/mol. The van der Waals surface area contributed by atoms with Crippen LogP contribution in [0.1, 0.15) is 6.92 Å². The lowest BCUT2D eigenvalue weighted by atomic mass is 10.3. The van der Waals surface area contributed by atoms with Crippen LogP contribution in [0.4, 0.5) is 5.69 Å². The van der Waals surface area contributed by atoms with Crippen LogP contribution < -0.4 is 9.44 Å². The van der Waals surface area contributed by atoms with Gasteiger partial charge in [-0.1, -0.05) is 22.9 Å². The molecule has 2 aromatic carbocycles. The number of anilines is 1. The van der Waals surface area contributed by atoms with Crippen LogP contribution in [0.5, 0.6) is 0 Å². The zero-order valence-electron chi connectivity index (χ0n) is 12.2. The number of hydrogen-bond donors (Lipinski definition) is 2. The van der Waals surface area contributed by atoms with Crippen LogP contribution in [0.2, 0.25) is 0 Å². The van der Waals surface area contributed by atoms with Crippen LogP contribution in [-0.2, 0) is 20.0 Å². The molecule has 2 aromatic rings. The van der Waals surface area contributed by atoms with E-state index in [1.807, 2.05) is 0 Å². The van der Waals surface area contributed by atoms with Crippen LogP contribution in [0.3, 0.4) is 0 Å². The maximum Gasteiger partial charge on any atom is 0.261 e. The van der Waals surface area contributed by atoms with Crippen molar-refractivity contribution in [3.05, 3.63) is 53.0 Å². The molecule has 0 saturated heterocycles. The lowest BCUT2D eigenvalue weighted by Gasteiger charge is -2.09. The van der Waals surface area contributed by atoms with Gasteiger partial charge in [-0.15, -0.1) is 0 Å². The molecule has 0 radical (unpaired) electrons. The summed E-state index contributed by atoms with van der Waals surface area (Å²) in [5, 5.41) is 0. The minimum atomic E-state index is -3.72. The molecule has 23 heavy (non-hydrogen) atoms. The van der Waals surface area contributed by atoms with E-state index < -0.39 is 20.0 Å². The molecule has 2 rings (SSSR count). The smallest absolute Gasteiger partial charge is 0.261 e. The van der Waals surface area contributed by atoms with Gasteiger partial charge in [0, 0.05) is 16.7 Å². The summed E-state index contributed by atoms with van der Waals surface area (Å²) in [6, 6.07) is 11.7. The van der Waals surface area contributed by atoms with Gasteiger partial charge in [-0.05, 0) is 48.5 Å². The first-order chi connectivity index (χ1) is 10.7. The van der Waals surface area contributed by atoms with Crippen LogP contribution in [0, 0.1) is 0 Å². The fraction of sp³-hybridized carbons (Fsp3) is 0.143. The summed E-state index contributed by atoms with van der Waals surface area (Å²) in [5.74, 6) is 0. The molecule has 0 unspecified atom stereocenters. The molecule has 0 bridgehead atoms. The maximum absolute atomic E-state index is 12.2. The van der Waals surface area contributed by atoms with Gasteiger partial charge in [0.2, 0.25) is 10.0 Å². The second kappa shape index (κ2) is 7.00. The number of nitrogens with one attached hydrogen (secondary N) is 2. The number of rotatable bonds is 6. The Kier molecular flexibility index (Phi) is 5.45. The van der Waals surface area contributed by atoms with Gasteiger partial charge in [0.25, 0.3) is 10.0 Å². The maximum atomic E-state index is 12.2. The highest BCUT2D eigenvalue weighted by Crippen LogP contribution is 2.20. The Bertz CT molecular complexity index is 877. The van der Waals surface area contributed by atoms with E-state index in [0.717, 1.165) is 4.47 Å².